The molecule has 1 aromatic rings. The molecule has 0 atom stereocenters. The molecule has 0 radical (unpaired) electrons. The molecule has 1 saturated heterocycles. The number of likely N-dealkylation sites (N-methyl/N-ethyl adjacent to an activating group) is 1. The molecule has 1 aliphatic heterocycles. The van der Waals surface area contributed by atoms with Crippen molar-refractivity contribution in [3.63, 3.8) is 0 Å². The van der Waals surface area contributed by atoms with E-state index >= 15 is 0 Å². The van der Waals surface area contributed by atoms with E-state index in [4.69, 9.17) is 4.74 Å². The Bertz CT molecular complexity index is 391. The largest absolute Gasteiger partial charge is 0.368 e. The molecule has 0 unspecified atom stereocenters. The highest BCUT2D eigenvalue weighted by atomic mass is 16.5. The minimum Gasteiger partial charge on any atom is -0.368 e. The van der Waals surface area contributed by atoms with E-state index in [0.717, 1.165) is 31.6 Å². The second-order valence-corrected chi connectivity index (χ2v) is 4.83. The van der Waals surface area contributed by atoms with Gasteiger partial charge < -0.3 is 15.0 Å². The van der Waals surface area contributed by atoms with Crippen molar-refractivity contribution in [3.8, 4) is 0 Å². The third-order valence-corrected chi connectivity index (χ3v) is 3.28. The summed E-state index contributed by atoms with van der Waals surface area (Å²) in [6.07, 6.45) is 3.92. The molecule has 104 valence electrons. The number of ether oxygens (including phenoxy) is 1. The van der Waals surface area contributed by atoms with Crippen molar-refractivity contribution < 1.29 is 9.53 Å². The van der Waals surface area contributed by atoms with Crippen molar-refractivity contribution >= 4 is 5.91 Å². The van der Waals surface area contributed by atoms with Crippen LogP contribution in [0, 0.1) is 0 Å². The maximum absolute atomic E-state index is 11.9. The fourth-order valence-electron chi connectivity index (χ4n) is 2.08. The summed E-state index contributed by atoms with van der Waals surface area (Å²) in [6.45, 7) is 2.63. The third-order valence-electron chi connectivity index (χ3n) is 3.28. The molecule has 19 heavy (non-hydrogen) atoms. The number of amides is 1. The van der Waals surface area contributed by atoms with Crippen LogP contribution in [0.15, 0.2) is 24.4 Å². The van der Waals surface area contributed by atoms with Gasteiger partial charge in [0.05, 0.1) is 18.3 Å². The van der Waals surface area contributed by atoms with Crippen LogP contribution in [0.3, 0.4) is 0 Å². The van der Waals surface area contributed by atoms with E-state index in [1.54, 1.807) is 18.1 Å². The predicted molar refractivity (Wildman–Crippen MR) is 72.6 cm³/mol. The van der Waals surface area contributed by atoms with Crippen LogP contribution >= 0.6 is 0 Å². The molecule has 2 heterocycles. The van der Waals surface area contributed by atoms with Crippen molar-refractivity contribution in [2.75, 3.05) is 26.7 Å². The Balaban J connectivity index is 1.73. The molecule has 0 aliphatic carbocycles. The van der Waals surface area contributed by atoms with Crippen LogP contribution < -0.4 is 5.32 Å². The number of hydrogen-bond acceptors (Lipinski definition) is 4. The molecule has 0 saturated carbocycles. The van der Waals surface area contributed by atoms with Gasteiger partial charge in [0.25, 0.3) is 0 Å². The summed E-state index contributed by atoms with van der Waals surface area (Å²) in [7, 11) is 1.78. The van der Waals surface area contributed by atoms with Crippen molar-refractivity contribution in [1.29, 1.82) is 0 Å². The monoisotopic (exact) mass is 263 g/mol. The van der Waals surface area contributed by atoms with Crippen LogP contribution in [0.1, 0.15) is 18.5 Å². The average molecular weight is 263 g/mol. The summed E-state index contributed by atoms with van der Waals surface area (Å²) in [6, 6.07) is 5.70. The molecule has 1 N–H and O–H groups in total. The van der Waals surface area contributed by atoms with E-state index in [2.05, 4.69) is 10.3 Å². The zero-order chi connectivity index (χ0) is 13.5. The van der Waals surface area contributed by atoms with Crippen LogP contribution in [0.4, 0.5) is 0 Å². The molecular weight excluding hydrogens is 242 g/mol. The zero-order valence-corrected chi connectivity index (χ0v) is 11.3. The van der Waals surface area contributed by atoms with Gasteiger partial charge in [-0.05, 0) is 38.1 Å². The quantitative estimate of drug-likeness (QED) is 0.854. The lowest BCUT2D eigenvalue weighted by atomic mass is 10.1. The lowest BCUT2D eigenvalue weighted by Crippen LogP contribution is -2.36. The molecule has 1 amide bonds. The highest BCUT2D eigenvalue weighted by Crippen LogP contribution is 2.07. The number of pyridine rings is 1. The number of hydrogen-bond donors (Lipinski definition) is 1. The second kappa shape index (κ2) is 7.21. The minimum atomic E-state index is 0.00388. The van der Waals surface area contributed by atoms with Crippen LogP contribution in [-0.4, -0.2) is 48.6 Å². The third kappa shape index (κ3) is 4.61. The SMILES string of the molecule is CN(Cc1ccccn1)C(=O)COC1CCNCC1. The predicted octanol–water partition coefficient (Wildman–Crippen LogP) is 0.809. The normalized spacial score (nSPS) is 16.3. The fraction of sp³-hybridized carbons (Fsp3) is 0.571. The fourth-order valence-corrected chi connectivity index (χ4v) is 2.08. The number of rotatable bonds is 5. The topological polar surface area (TPSA) is 54.5 Å². The molecular formula is C14H21N3O2. The van der Waals surface area contributed by atoms with Gasteiger partial charge in [-0.15, -0.1) is 0 Å². The van der Waals surface area contributed by atoms with E-state index in [0.29, 0.717) is 6.54 Å². The Kier molecular flexibility index (Phi) is 5.30. The van der Waals surface area contributed by atoms with Crippen LogP contribution in [0.5, 0.6) is 0 Å². The van der Waals surface area contributed by atoms with Crippen LogP contribution in [0.2, 0.25) is 0 Å². The van der Waals surface area contributed by atoms with Crippen molar-refractivity contribution in [2.24, 2.45) is 0 Å². The Morgan fingerprint density at radius 2 is 2.26 bits per heavy atom. The number of nitrogens with zero attached hydrogens (tertiary/aromatic N) is 2. The van der Waals surface area contributed by atoms with Gasteiger partial charge in [0, 0.05) is 13.2 Å². The molecule has 1 fully saturated rings. The first-order valence-electron chi connectivity index (χ1n) is 6.72. The van der Waals surface area contributed by atoms with Crippen molar-refractivity contribution in [2.45, 2.75) is 25.5 Å². The average Bonchev–Trinajstić information content (AvgIpc) is 2.47. The minimum absolute atomic E-state index is 0.00388. The van der Waals surface area contributed by atoms with Crippen molar-refractivity contribution in [1.82, 2.24) is 15.2 Å². The smallest absolute Gasteiger partial charge is 0.248 e. The Morgan fingerprint density at radius 1 is 1.47 bits per heavy atom. The molecule has 2 rings (SSSR count). The maximum Gasteiger partial charge on any atom is 0.248 e. The van der Waals surface area contributed by atoms with Gasteiger partial charge in [-0.2, -0.15) is 0 Å². The molecule has 5 nitrogen and oxygen atoms in total. The van der Waals surface area contributed by atoms with E-state index in [1.165, 1.54) is 0 Å². The molecule has 1 aliphatic rings. The first-order valence-corrected chi connectivity index (χ1v) is 6.72. The summed E-state index contributed by atoms with van der Waals surface area (Å²) >= 11 is 0. The standard InChI is InChI=1S/C14H21N3O2/c1-17(10-12-4-2-3-7-16-12)14(18)11-19-13-5-8-15-9-6-13/h2-4,7,13,15H,5-6,8-11H2,1H3. The molecule has 1 aromatic heterocycles. The van der Waals surface area contributed by atoms with Gasteiger partial charge in [-0.25, -0.2) is 0 Å². The number of nitrogens with one attached hydrogen (secondary N) is 1. The number of carbonyl (C=O) groups is 1. The number of piperidine rings is 1. The Hall–Kier alpha value is -1.46. The molecule has 0 aromatic carbocycles. The Labute approximate surface area is 114 Å². The highest BCUT2D eigenvalue weighted by molar-refractivity contribution is 5.77. The van der Waals surface area contributed by atoms with Gasteiger partial charge >= 0.3 is 0 Å². The molecule has 0 spiro atoms. The molecule has 0 bridgehead atoms. The van der Waals surface area contributed by atoms with Gasteiger partial charge in [0.2, 0.25) is 5.91 Å². The summed E-state index contributed by atoms with van der Waals surface area (Å²) in [5.41, 5.74) is 0.889. The summed E-state index contributed by atoms with van der Waals surface area (Å²) in [4.78, 5) is 17.8. The van der Waals surface area contributed by atoms with Gasteiger partial charge in [-0.1, -0.05) is 6.07 Å². The Morgan fingerprint density at radius 3 is 2.95 bits per heavy atom. The van der Waals surface area contributed by atoms with Crippen molar-refractivity contribution in [3.05, 3.63) is 30.1 Å². The van der Waals surface area contributed by atoms with E-state index in [9.17, 15) is 4.79 Å². The first kappa shape index (κ1) is 14.0. The molecule has 5 heteroatoms. The zero-order valence-electron chi connectivity index (χ0n) is 11.3. The second-order valence-electron chi connectivity index (χ2n) is 4.83. The lowest BCUT2D eigenvalue weighted by molar-refractivity contribution is -0.138. The first-order chi connectivity index (χ1) is 9.25. The summed E-state index contributed by atoms with van der Waals surface area (Å²) in [5.74, 6) is 0.00388. The maximum atomic E-state index is 11.9. The number of aromatic nitrogens is 1. The van der Waals surface area contributed by atoms with Crippen LogP contribution in [-0.2, 0) is 16.1 Å². The van der Waals surface area contributed by atoms with E-state index in [-0.39, 0.29) is 18.6 Å². The highest BCUT2D eigenvalue weighted by Gasteiger charge is 2.16. The summed E-state index contributed by atoms with van der Waals surface area (Å²) < 4.78 is 5.65. The summed E-state index contributed by atoms with van der Waals surface area (Å²) in [5, 5.41) is 3.27. The van der Waals surface area contributed by atoms with Gasteiger partial charge in [-0.3, -0.25) is 9.78 Å². The van der Waals surface area contributed by atoms with E-state index < -0.39 is 0 Å². The van der Waals surface area contributed by atoms with Gasteiger partial charge in [0.15, 0.2) is 0 Å². The number of carbonyl (C=O) groups excluding carboxylic acids is 1. The van der Waals surface area contributed by atoms with Crippen LogP contribution in [0.25, 0.3) is 0 Å². The van der Waals surface area contributed by atoms with E-state index in [1.807, 2.05) is 18.2 Å². The lowest BCUT2D eigenvalue weighted by Gasteiger charge is -2.24. The van der Waals surface area contributed by atoms with Gasteiger partial charge in [0.1, 0.15) is 6.61 Å².